The predicted octanol–water partition coefficient (Wildman–Crippen LogP) is 1.92. The Morgan fingerprint density at radius 3 is 2.36 bits per heavy atom. The van der Waals surface area contributed by atoms with Crippen molar-refractivity contribution in [3.05, 3.63) is 0 Å². The molecule has 0 fully saturated rings. The Labute approximate surface area is 73.3 Å². The largest absolute Gasteiger partial charge is 0.354 e. The van der Waals surface area contributed by atoms with Crippen LogP contribution in [0.2, 0.25) is 0 Å². The normalized spacial score (nSPS) is 13.2. The Morgan fingerprint density at radius 1 is 1.45 bits per heavy atom. The Bertz CT molecular complexity index is 123. The molecule has 0 saturated carbocycles. The Balaban J connectivity index is 3.38. The van der Waals surface area contributed by atoms with Gasteiger partial charge in [-0.25, -0.2) is 0 Å². The lowest BCUT2D eigenvalue weighted by Crippen LogP contribution is -2.30. The quantitative estimate of drug-likeness (QED) is 0.654. The maximum Gasteiger partial charge on any atom is 0.220 e. The van der Waals surface area contributed by atoms with Gasteiger partial charge in [-0.15, -0.1) is 11.6 Å². The van der Waals surface area contributed by atoms with Crippen molar-refractivity contribution >= 4 is 17.5 Å². The highest BCUT2D eigenvalue weighted by molar-refractivity contribution is 6.20. The fourth-order valence-corrected chi connectivity index (χ4v) is 0.833. The van der Waals surface area contributed by atoms with Crippen LogP contribution in [0.3, 0.4) is 0 Å². The summed E-state index contributed by atoms with van der Waals surface area (Å²) < 4.78 is 0. The number of carbonyl (C=O) groups is 1. The van der Waals surface area contributed by atoms with Crippen LogP contribution >= 0.6 is 11.6 Å². The summed E-state index contributed by atoms with van der Waals surface area (Å²) in [6.07, 6.45) is 1.28. The number of alkyl halides is 1. The molecule has 1 unspecified atom stereocenters. The first-order valence-corrected chi connectivity index (χ1v) is 4.39. The lowest BCUT2D eigenvalue weighted by molar-refractivity contribution is -0.121. The fraction of sp³-hybridized carbons (Fsp3) is 0.875. The molecular weight excluding hydrogens is 162 g/mol. The second kappa shape index (κ2) is 5.42. The van der Waals surface area contributed by atoms with Gasteiger partial charge < -0.3 is 5.32 Å². The molecule has 0 spiro atoms. The topological polar surface area (TPSA) is 29.1 Å². The Kier molecular flexibility index (Phi) is 5.30. The van der Waals surface area contributed by atoms with Crippen LogP contribution in [0.25, 0.3) is 0 Å². The highest BCUT2D eigenvalue weighted by Gasteiger charge is 2.04. The number of rotatable bonds is 4. The lowest BCUT2D eigenvalue weighted by atomic mass is 10.2. The summed E-state index contributed by atoms with van der Waals surface area (Å²) in [4.78, 5) is 11.0. The third-order valence-corrected chi connectivity index (χ3v) is 1.44. The molecule has 66 valence electrons. The maximum absolute atomic E-state index is 11.0. The summed E-state index contributed by atoms with van der Waals surface area (Å²) in [5.41, 5.74) is 0. The van der Waals surface area contributed by atoms with E-state index < -0.39 is 0 Å². The number of halogens is 1. The van der Waals surface area contributed by atoms with Gasteiger partial charge in [-0.05, 0) is 27.2 Å². The average molecular weight is 178 g/mol. The predicted molar refractivity (Wildman–Crippen MR) is 47.8 cm³/mol. The van der Waals surface area contributed by atoms with Gasteiger partial charge in [0.2, 0.25) is 5.91 Å². The van der Waals surface area contributed by atoms with Crippen LogP contribution in [-0.4, -0.2) is 17.3 Å². The van der Waals surface area contributed by atoms with Gasteiger partial charge in [-0.1, -0.05) is 0 Å². The Morgan fingerprint density at radius 2 is 2.00 bits per heavy atom. The molecule has 0 aromatic rings. The van der Waals surface area contributed by atoms with E-state index in [0.29, 0.717) is 6.42 Å². The van der Waals surface area contributed by atoms with Gasteiger partial charge in [-0.2, -0.15) is 0 Å². The van der Waals surface area contributed by atoms with E-state index in [1.807, 2.05) is 20.8 Å². The lowest BCUT2D eigenvalue weighted by Gasteiger charge is -2.08. The first kappa shape index (κ1) is 10.8. The van der Waals surface area contributed by atoms with E-state index in [9.17, 15) is 4.79 Å². The van der Waals surface area contributed by atoms with Crippen LogP contribution in [-0.2, 0) is 4.79 Å². The van der Waals surface area contributed by atoms with Crippen molar-refractivity contribution in [2.45, 2.75) is 45.0 Å². The molecule has 1 atom stereocenters. The van der Waals surface area contributed by atoms with Crippen LogP contribution < -0.4 is 5.32 Å². The van der Waals surface area contributed by atoms with Gasteiger partial charge in [0.15, 0.2) is 0 Å². The molecule has 2 nitrogen and oxygen atoms in total. The minimum atomic E-state index is 0.0903. The molecule has 11 heavy (non-hydrogen) atoms. The van der Waals surface area contributed by atoms with Crippen LogP contribution in [0.15, 0.2) is 0 Å². The fourth-order valence-electron chi connectivity index (χ4n) is 0.724. The second-order valence-electron chi connectivity index (χ2n) is 3.04. The van der Waals surface area contributed by atoms with E-state index >= 15 is 0 Å². The molecule has 0 aliphatic heterocycles. The molecule has 3 heteroatoms. The van der Waals surface area contributed by atoms with Gasteiger partial charge in [0.05, 0.1) is 0 Å². The third-order valence-electron chi connectivity index (χ3n) is 1.22. The smallest absolute Gasteiger partial charge is 0.220 e. The van der Waals surface area contributed by atoms with Crippen molar-refractivity contribution in [3.8, 4) is 0 Å². The zero-order valence-electron chi connectivity index (χ0n) is 7.36. The van der Waals surface area contributed by atoms with Gasteiger partial charge in [0.1, 0.15) is 0 Å². The number of amides is 1. The Hall–Kier alpha value is -0.240. The highest BCUT2D eigenvalue weighted by Crippen LogP contribution is 2.03. The second-order valence-corrected chi connectivity index (χ2v) is 3.79. The van der Waals surface area contributed by atoms with E-state index in [-0.39, 0.29) is 17.3 Å². The molecule has 0 radical (unpaired) electrons. The molecule has 1 amide bonds. The van der Waals surface area contributed by atoms with Gasteiger partial charge >= 0.3 is 0 Å². The summed E-state index contributed by atoms with van der Waals surface area (Å²) >= 11 is 5.68. The minimum absolute atomic E-state index is 0.0903. The number of nitrogens with one attached hydrogen (secondary N) is 1. The summed E-state index contributed by atoms with van der Waals surface area (Å²) in [6, 6.07) is 0.230. The molecule has 0 aromatic carbocycles. The molecule has 0 aliphatic carbocycles. The van der Waals surface area contributed by atoms with Crippen molar-refractivity contribution < 1.29 is 4.79 Å². The molecule has 0 saturated heterocycles. The first-order chi connectivity index (χ1) is 5.02. The van der Waals surface area contributed by atoms with E-state index in [1.165, 1.54) is 0 Å². The van der Waals surface area contributed by atoms with Crippen LogP contribution in [0.5, 0.6) is 0 Å². The summed E-state index contributed by atoms with van der Waals surface area (Å²) in [6.45, 7) is 5.79. The number of hydrogen-bond donors (Lipinski definition) is 1. The maximum atomic E-state index is 11.0. The highest BCUT2D eigenvalue weighted by atomic mass is 35.5. The average Bonchev–Trinajstić information content (AvgIpc) is 1.82. The summed E-state index contributed by atoms with van der Waals surface area (Å²) in [7, 11) is 0. The third kappa shape index (κ3) is 7.66. The summed E-state index contributed by atoms with van der Waals surface area (Å²) in [5, 5.41) is 2.89. The monoisotopic (exact) mass is 177 g/mol. The SMILES string of the molecule is CC(Cl)CCC(=O)NC(C)C. The molecular formula is C8H16ClNO. The molecule has 0 aliphatic rings. The van der Waals surface area contributed by atoms with Crippen molar-refractivity contribution in [2.75, 3.05) is 0 Å². The standard InChI is InChI=1S/C8H16ClNO/c1-6(2)10-8(11)5-4-7(3)9/h6-7H,4-5H2,1-3H3,(H,10,11). The minimum Gasteiger partial charge on any atom is -0.354 e. The van der Waals surface area contributed by atoms with E-state index in [4.69, 9.17) is 11.6 Å². The van der Waals surface area contributed by atoms with E-state index in [0.717, 1.165) is 6.42 Å². The summed E-state index contributed by atoms with van der Waals surface area (Å²) in [5.74, 6) is 0.0903. The van der Waals surface area contributed by atoms with Crippen molar-refractivity contribution in [2.24, 2.45) is 0 Å². The molecule has 0 rings (SSSR count). The van der Waals surface area contributed by atoms with Gasteiger partial charge in [0.25, 0.3) is 0 Å². The van der Waals surface area contributed by atoms with Crippen LogP contribution in [0.1, 0.15) is 33.6 Å². The zero-order chi connectivity index (χ0) is 8.85. The van der Waals surface area contributed by atoms with Crippen LogP contribution in [0, 0.1) is 0 Å². The first-order valence-electron chi connectivity index (χ1n) is 3.95. The van der Waals surface area contributed by atoms with Crippen molar-refractivity contribution in [3.63, 3.8) is 0 Å². The number of hydrogen-bond acceptors (Lipinski definition) is 1. The van der Waals surface area contributed by atoms with Crippen molar-refractivity contribution in [1.82, 2.24) is 5.32 Å². The van der Waals surface area contributed by atoms with Crippen LogP contribution in [0.4, 0.5) is 0 Å². The zero-order valence-corrected chi connectivity index (χ0v) is 8.11. The van der Waals surface area contributed by atoms with Gasteiger partial charge in [-0.3, -0.25) is 4.79 Å². The van der Waals surface area contributed by atoms with Crippen molar-refractivity contribution in [1.29, 1.82) is 0 Å². The van der Waals surface area contributed by atoms with Gasteiger partial charge in [0, 0.05) is 17.8 Å². The molecule has 1 N–H and O–H groups in total. The molecule has 0 heterocycles. The van der Waals surface area contributed by atoms with E-state index in [2.05, 4.69) is 5.32 Å². The molecule has 0 bridgehead atoms. The molecule has 0 aromatic heterocycles. The number of carbonyl (C=O) groups excluding carboxylic acids is 1. The van der Waals surface area contributed by atoms with E-state index in [1.54, 1.807) is 0 Å².